The third-order valence-electron chi connectivity index (χ3n) is 3.37. The van der Waals surface area contributed by atoms with Crippen molar-refractivity contribution in [1.29, 1.82) is 0 Å². The van der Waals surface area contributed by atoms with E-state index in [1.165, 1.54) is 37.7 Å². The van der Waals surface area contributed by atoms with Gasteiger partial charge in [0.25, 0.3) is 0 Å². The van der Waals surface area contributed by atoms with E-state index in [-0.39, 0.29) is 0 Å². The minimum absolute atomic E-state index is 0.593. The first-order chi connectivity index (χ1) is 6.68. The molecular weight excluding hydrogens is 256 g/mol. The quantitative estimate of drug-likeness (QED) is 0.704. The first-order valence-corrected chi connectivity index (χ1v) is 7.19. The van der Waals surface area contributed by atoms with E-state index in [1.54, 1.807) is 0 Å². The summed E-state index contributed by atoms with van der Waals surface area (Å²) in [4.78, 5) is 0.773. The topological polar surface area (TPSA) is 0 Å². The second-order valence-corrected chi connectivity index (χ2v) is 6.86. The van der Waals surface area contributed by atoms with Crippen LogP contribution in [0, 0.1) is 5.41 Å². The Labute approximate surface area is 98.9 Å². The van der Waals surface area contributed by atoms with Gasteiger partial charge >= 0.3 is 0 Å². The molecule has 2 unspecified atom stereocenters. The summed E-state index contributed by atoms with van der Waals surface area (Å²) in [6, 6.07) is 2.26. The van der Waals surface area contributed by atoms with Gasteiger partial charge in [-0.25, -0.2) is 0 Å². The Kier molecular flexibility index (Phi) is 3.33. The number of hydrogen-bond acceptors (Lipinski definition) is 1. The molecule has 2 heteroatoms. The van der Waals surface area contributed by atoms with E-state index in [9.17, 15) is 0 Å². The molecule has 0 amide bonds. The fourth-order valence-electron chi connectivity index (χ4n) is 2.35. The Balaban J connectivity index is 1.86. The van der Waals surface area contributed by atoms with E-state index in [0.29, 0.717) is 5.41 Å². The maximum Gasteiger partial charge on any atom is 0.0151 e. The molecule has 0 aliphatic heterocycles. The Hall–Kier alpha value is 0.180. The van der Waals surface area contributed by atoms with Gasteiger partial charge in [0.1, 0.15) is 0 Å². The fraction of sp³-hybridized carbons (Fsp3) is 0.667. The van der Waals surface area contributed by atoms with Crippen LogP contribution in [0.15, 0.2) is 16.8 Å². The van der Waals surface area contributed by atoms with Crippen molar-refractivity contribution in [2.24, 2.45) is 5.41 Å². The summed E-state index contributed by atoms with van der Waals surface area (Å²) in [5.74, 6) is 0. The molecule has 1 saturated carbocycles. The van der Waals surface area contributed by atoms with Gasteiger partial charge in [0.05, 0.1) is 0 Å². The van der Waals surface area contributed by atoms with Gasteiger partial charge in [0.2, 0.25) is 0 Å². The van der Waals surface area contributed by atoms with Crippen LogP contribution in [-0.2, 0) is 6.42 Å². The highest BCUT2D eigenvalue weighted by molar-refractivity contribution is 9.09. The molecule has 2 atom stereocenters. The van der Waals surface area contributed by atoms with Gasteiger partial charge in [0, 0.05) is 4.83 Å². The van der Waals surface area contributed by atoms with E-state index in [0.717, 1.165) is 4.83 Å². The summed E-state index contributed by atoms with van der Waals surface area (Å²) in [5, 5.41) is 4.46. The van der Waals surface area contributed by atoms with E-state index in [4.69, 9.17) is 0 Å². The van der Waals surface area contributed by atoms with Gasteiger partial charge in [-0.05, 0) is 59.9 Å². The molecule has 0 radical (unpaired) electrons. The summed E-state index contributed by atoms with van der Waals surface area (Å²) < 4.78 is 0. The summed E-state index contributed by atoms with van der Waals surface area (Å²) >= 11 is 5.55. The van der Waals surface area contributed by atoms with E-state index < -0.39 is 0 Å². The lowest BCUT2D eigenvalue weighted by Crippen LogP contribution is -2.12. The van der Waals surface area contributed by atoms with Crippen molar-refractivity contribution in [1.82, 2.24) is 0 Å². The summed E-state index contributed by atoms with van der Waals surface area (Å²) in [7, 11) is 0. The maximum atomic E-state index is 3.73. The second kappa shape index (κ2) is 4.36. The Morgan fingerprint density at radius 2 is 2.50 bits per heavy atom. The Morgan fingerprint density at radius 3 is 3.07 bits per heavy atom. The van der Waals surface area contributed by atoms with Crippen molar-refractivity contribution in [3.8, 4) is 0 Å². The van der Waals surface area contributed by atoms with Crippen LogP contribution >= 0.6 is 27.3 Å². The predicted octanol–water partition coefficient (Wildman–Crippen LogP) is 4.63. The molecule has 1 aromatic heterocycles. The summed E-state index contributed by atoms with van der Waals surface area (Å²) in [5.41, 5.74) is 2.12. The number of rotatable bonds is 3. The molecule has 1 aliphatic rings. The largest absolute Gasteiger partial charge is 0.152 e. The summed E-state index contributed by atoms with van der Waals surface area (Å²) in [6.45, 7) is 2.45. The number of alkyl halides is 1. The SMILES string of the molecule is CC1(CCc2ccsc2)CCC(Br)C1. The van der Waals surface area contributed by atoms with Gasteiger partial charge in [-0.2, -0.15) is 11.3 Å². The lowest BCUT2D eigenvalue weighted by molar-refractivity contribution is 0.310. The van der Waals surface area contributed by atoms with Gasteiger partial charge in [-0.1, -0.05) is 22.9 Å². The van der Waals surface area contributed by atoms with Crippen molar-refractivity contribution >= 4 is 27.3 Å². The number of aryl methyl sites for hydroxylation is 1. The standard InChI is InChI=1S/C12H17BrS/c1-12(6-3-11(13)8-12)5-2-10-4-7-14-9-10/h4,7,9,11H,2-3,5-6,8H2,1H3. The molecule has 0 nitrogen and oxygen atoms in total. The molecule has 0 aromatic carbocycles. The molecule has 0 bridgehead atoms. The minimum Gasteiger partial charge on any atom is -0.152 e. The Morgan fingerprint density at radius 1 is 1.64 bits per heavy atom. The molecule has 1 aliphatic carbocycles. The van der Waals surface area contributed by atoms with Crippen LogP contribution in [0.1, 0.15) is 38.2 Å². The summed E-state index contributed by atoms with van der Waals surface area (Å²) in [6.07, 6.45) is 6.73. The average Bonchev–Trinajstić information content (AvgIpc) is 2.73. The lowest BCUT2D eigenvalue weighted by atomic mass is 9.83. The van der Waals surface area contributed by atoms with Crippen LogP contribution in [0.5, 0.6) is 0 Å². The predicted molar refractivity (Wildman–Crippen MR) is 67.3 cm³/mol. The molecule has 0 saturated heterocycles. The van der Waals surface area contributed by atoms with E-state index in [1.807, 2.05) is 11.3 Å². The molecule has 78 valence electrons. The minimum atomic E-state index is 0.593. The molecule has 1 heterocycles. The monoisotopic (exact) mass is 272 g/mol. The van der Waals surface area contributed by atoms with Crippen LogP contribution in [0.25, 0.3) is 0 Å². The van der Waals surface area contributed by atoms with Crippen molar-refractivity contribution in [2.45, 2.75) is 43.9 Å². The first-order valence-electron chi connectivity index (χ1n) is 5.33. The molecule has 1 fully saturated rings. The fourth-order valence-corrected chi connectivity index (χ4v) is 4.07. The molecule has 2 rings (SSSR count). The van der Waals surface area contributed by atoms with Crippen molar-refractivity contribution in [3.05, 3.63) is 22.4 Å². The molecule has 0 N–H and O–H groups in total. The van der Waals surface area contributed by atoms with Crippen LogP contribution in [0.4, 0.5) is 0 Å². The van der Waals surface area contributed by atoms with Crippen LogP contribution in [-0.4, -0.2) is 4.83 Å². The highest BCUT2D eigenvalue weighted by Crippen LogP contribution is 2.44. The Bertz CT molecular complexity index is 281. The van der Waals surface area contributed by atoms with Crippen molar-refractivity contribution < 1.29 is 0 Å². The molecular formula is C12H17BrS. The van der Waals surface area contributed by atoms with Crippen LogP contribution in [0.2, 0.25) is 0 Å². The number of thiophene rings is 1. The van der Waals surface area contributed by atoms with Crippen LogP contribution in [0.3, 0.4) is 0 Å². The third-order valence-corrected chi connectivity index (χ3v) is 4.89. The van der Waals surface area contributed by atoms with Gasteiger partial charge in [-0.15, -0.1) is 0 Å². The number of halogens is 1. The van der Waals surface area contributed by atoms with E-state index >= 15 is 0 Å². The highest BCUT2D eigenvalue weighted by Gasteiger charge is 2.33. The van der Waals surface area contributed by atoms with Crippen molar-refractivity contribution in [3.63, 3.8) is 0 Å². The molecule has 1 aromatic rings. The van der Waals surface area contributed by atoms with Gasteiger partial charge < -0.3 is 0 Å². The normalized spacial score (nSPS) is 32.3. The highest BCUT2D eigenvalue weighted by atomic mass is 79.9. The zero-order valence-electron chi connectivity index (χ0n) is 8.63. The second-order valence-electron chi connectivity index (χ2n) is 4.78. The smallest absolute Gasteiger partial charge is 0.0151 e. The van der Waals surface area contributed by atoms with Crippen LogP contribution < -0.4 is 0 Å². The number of hydrogen-bond donors (Lipinski definition) is 0. The van der Waals surface area contributed by atoms with Gasteiger partial charge in [0.15, 0.2) is 0 Å². The molecule has 0 spiro atoms. The third kappa shape index (κ3) is 2.60. The average molecular weight is 273 g/mol. The van der Waals surface area contributed by atoms with Crippen molar-refractivity contribution in [2.75, 3.05) is 0 Å². The maximum absolute atomic E-state index is 3.73. The zero-order valence-corrected chi connectivity index (χ0v) is 11.0. The molecule has 14 heavy (non-hydrogen) atoms. The van der Waals surface area contributed by atoms with E-state index in [2.05, 4.69) is 39.7 Å². The zero-order chi connectivity index (χ0) is 10.0. The first kappa shape index (κ1) is 10.7. The lowest BCUT2D eigenvalue weighted by Gasteiger charge is -2.23. The van der Waals surface area contributed by atoms with Gasteiger partial charge in [-0.3, -0.25) is 0 Å².